The Kier molecular flexibility index (Phi) is 7.02. The summed E-state index contributed by atoms with van der Waals surface area (Å²) in [4.78, 5) is 14.3. The molecule has 0 unspecified atom stereocenters. The van der Waals surface area contributed by atoms with Gasteiger partial charge in [-0.15, -0.1) is 0 Å². The van der Waals surface area contributed by atoms with Crippen molar-refractivity contribution in [2.75, 3.05) is 14.2 Å². The largest absolute Gasteiger partial charge is 0.497 e. The van der Waals surface area contributed by atoms with Crippen LogP contribution in [0.25, 0.3) is 28.0 Å². The van der Waals surface area contributed by atoms with Crippen molar-refractivity contribution < 1.29 is 14.3 Å². The molecule has 40 heavy (non-hydrogen) atoms. The highest BCUT2D eigenvalue weighted by Crippen LogP contribution is 2.41. The quantitative estimate of drug-likeness (QED) is 0.210. The standard InChI is InChI=1S/C35H30N2O3/c1-39-29-19-14-24(15-20-29)13-16-28-23-31-33(25-9-5-3-6-10-25)34(27-11-7-4-8-12-27)36-37(31)35(38)32(28)26-17-21-30(40-2)22-18-26/h3-12,14-15,17-22H,13,16,23H2,1-2H3. The normalized spacial score (nSPS) is 12.8. The van der Waals surface area contributed by atoms with Crippen LogP contribution in [0.1, 0.15) is 28.0 Å². The molecule has 0 fully saturated rings. The average Bonchev–Trinajstić information content (AvgIpc) is 3.41. The third-order valence-corrected chi connectivity index (χ3v) is 7.48. The van der Waals surface area contributed by atoms with Gasteiger partial charge < -0.3 is 9.47 Å². The number of hydrogen-bond acceptors (Lipinski definition) is 4. The van der Waals surface area contributed by atoms with Gasteiger partial charge in [-0.25, -0.2) is 0 Å². The molecule has 1 aromatic heterocycles. The third kappa shape index (κ3) is 4.82. The van der Waals surface area contributed by atoms with Crippen molar-refractivity contribution in [3.8, 4) is 33.9 Å². The van der Waals surface area contributed by atoms with E-state index >= 15 is 0 Å². The Hall–Kier alpha value is -4.90. The maximum absolute atomic E-state index is 14.3. The molecule has 0 atom stereocenters. The molecular formula is C35H30N2O3. The van der Waals surface area contributed by atoms with Crippen molar-refractivity contribution in [2.45, 2.75) is 19.3 Å². The van der Waals surface area contributed by atoms with Crippen LogP contribution < -0.4 is 9.47 Å². The zero-order valence-corrected chi connectivity index (χ0v) is 22.6. The van der Waals surface area contributed by atoms with E-state index in [0.29, 0.717) is 12.0 Å². The van der Waals surface area contributed by atoms with Gasteiger partial charge in [0.1, 0.15) is 17.2 Å². The number of allylic oxidation sites excluding steroid dienone is 2. The molecule has 2 heterocycles. The molecule has 0 amide bonds. The van der Waals surface area contributed by atoms with Crippen molar-refractivity contribution in [1.82, 2.24) is 9.78 Å². The van der Waals surface area contributed by atoms with Crippen molar-refractivity contribution in [3.63, 3.8) is 0 Å². The topological polar surface area (TPSA) is 53.4 Å². The lowest BCUT2D eigenvalue weighted by Gasteiger charge is -2.22. The number of carbonyl (C=O) groups excluding carboxylic acids is 1. The summed E-state index contributed by atoms with van der Waals surface area (Å²) in [5.41, 5.74) is 8.69. The molecule has 0 saturated carbocycles. The first-order chi connectivity index (χ1) is 19.7. The van der Waals surface area contributed by atoms with E-state index in [1.807, 2.05) is 84.9 Å². The lowest BCUT2D eigenvalue weighted by atomic mass is 9.87. The number of fused-ring (bicyclic) bond motifs is 1. The molecule has 0 N–H and O–H groups in total. The van der Waals surface area contributed by atoms with Crippen molar-refractivity contribution in [2.24, 2.45) is 0 Å². The van der Waals surface area contributed by atoms with Gasteiger partial charge >= 0.3 is 0 Å². The number of benzene rings is 4. The van der Waals surface area contributed by atoms with Gasteiger partial charge in [-0.05, 0) is 53.8 Å². The fourth-order valence-corrected chi connectivity index (χ4v) is 5.42. The summed E-state index contributed by atoms with van der Waals surface area (Å²) in [6.45, 7) is 0. The number of hydrogen-bond donors (Lipinski definition) is 0. The van der Waals surface area contributed by atoms with Gasteiger partial charge in [0, 0.05) is 23.1 Å². The summed E-state index contributed by atoms with van der Waals surface area (Å²) < 4.78 is 12.3. The Morgan fingerprint density at radius 1 is 0.675 bits per heavy atom. The lowest BCUT2D eigenvalue weighted by Crippen LogP contribution is -2.24. The fourth-order valence-electron chi connectivity index (χ4n) is 5.42. The van der Waals surface area contributed by atoms with Crippen LogP contribution >= 0.6 is 0 Å². The van der Waals surface area contributed by atoms with Gasteiger partial charge in [0.25, 0.3) is 5.91 Å². The summed E-state index contributed by atoms with van der Waals surface area (Å²) in [7, 11) is 3.32. The fraction of sp³-hybridized carbons (Fsp3) is 0.143. The lowest BCUT2D eigenvalue weighted by molar-refractivity contribution is 0.0958. The molecule has 0 bridgehead atoms. The Morgan fingerprint density at radius 3 is 1.85 bits per heavy atom. The molecule has 6 rings (SSSR count). The number of ether oxygens (including phenoxy) is 2. The molecule has 0 spiro atoms. The van der Waals surface area contributed by atoms with E-state index in [4.69, 9.17) is 14.6 Å². The monoisotopic (exact) mass is 526 g/mol. The summed E-state index contributed by atoms with van der Waals surface area (Å²) in [5.74, 6) is 1.49. The maximum Gasteiger partial charge on any atom is 0.279 e. The number of aryl methyl sites for hydroxylation is 1. The van der Waals surface area contributed by atoms with E-state index < -0.39 is 0 Å². The Bertz CT molecular complexity index is 1670. The van der Waals surface area contributed by atoms with Gasteiger partial charge in [0.05, 0.1) is 19.9 Å². The van der Waals surface area contributed by atoms with E-state index in [1.165, 1.54) is 5.56 Å². The first kappa shape index (κ1) is 25.4. The van der Waals surface area contributed by atoms with Gasteiger partial charge in [0.15, 0.2) is 0 Å². The van der Waals surface area contributed by atoms with Crippen LogP contribution in [0.3, 0.4) is 0 Å². The smallest absolute Gasteiger partial charge is 0.279 e. The Labute approximate surface area is 234 Å². The number of nitrogens with zero attached hydrogens (tertiary/aromatic N) is 2. The second-order valence-electron chi connectivity index (χ2n) is 9.85. The van der Waals surface area contributed by atoms with Crippen LogP contribution in [0.2, 0.25) is 0 Å². The molecule has 1 aliphatic heterocycles. The number of rotatable bonds is 8. The zero-order chi connectivity index (χ0) is 27.5. The number of carbonyl (C=O) groups is 1. The minimum Gasteiger partial charge on any atom is -0.497 e. The minimum absolute atomic E-state index is 0.101. The highest BCUT2D eigenvalue weighted by molar-refractivity contribution is 6.23. The predicted molar refractivity (Wildman–Crippen MR) is 159 cm³/mol. The molecule has 1 aliphatic rings. The molecule has 198 valence electrons. The van der Waals surface area contributed by atoms with Crippen molar-refractivity contribution in [3.05, 3.63) is 132 Å². The molecule has 0 saturated heterocycles. The first-order valence-corrected chi connectivity index (χ1v) is 13.4. The van der Waals surface area contributed by atoms with Gasteiger partial charge in [0.2, 0.25) is 0 Å². The average molecular weight is 527 g/mol. The van der Waals surface area contributed by atoms with Crippen molar-refractivity contribution >= 4 is 11.5 Å². The van der Waals surface area contributed by atoms with Gasteiger partial charge in [-0.1, -0.05) is 90.5 Å². The molecular weight excluding hydrogens is 496 g/mol. The number of methoxy groups -OCH3 is 2. The maximum atomic E-state index is 14.3. The molecule has 5 heteroatoms. The van der Waals surface area contributed by atoms with Crippen LogP contribution in [0.5, 0.6) is 11.5 Å². The summed E-state index contributed by atoms with van der Waals surface area (Å²) >= 11 is 0. The molecule has 4 aromatic carbocycles. The summed E-state index contributed by atoms with van der Waals surface area (Å²) in [5, 5.41) is 4.95. The minimum atomic E-state index is -0.101. The summed E-state index contributed by atoms with van der Waals surface area (Å²) in [6, 6.07) is 36.2. The van der Waals surface area contributed by atoms with E-state index in [9.17, 15) is 4.79 Å². The van der Waals surface area contributed by atoms with Crippen molar-refractivity contribution in [1.29, 1.82) is 0 Å². The Balaban J connectivity index is 1.48. The predicted octanol–water partition coefficient (Wildman–Crippen LogP) is 7.52. The van der Waals surface area contributed by atoms with E-state index in [0.717, 1.165) is 63.6 Å². The number of aromatic nitrogens is 2. The highest BCUT2D eigenvalue weighted by atomic mass is 16.5. The summed E-state index contributed by atoms with van der Waals surface area (Å²) in [6.07, 6.45) is 2.19. The molecule has 0 aliphatic carbocycles. The molecule has 5 nitrogen and oxygen atoms in total. The van der Waals surface area contributed by atoms with E-state index in [-0.39, 0.29) is 5.91 Å². The first-order valence-electron chi connectivity index (χ1n) is 13.4. The third-order valence-electron chi connectivity index (χ3n) is 7.48. The molecule has 0 radical (unpaired) electrons. The SMILES string of the molecule is COc1ccc(CCC2=C(c3ccc(OC)cc3)C(=O)n3nc(-c4ccccc4)c(-c4ccccc4)c3C2)cc1. The Morgan fingerprint density at radius 2 is 1.25 bits per heavy atom. The van der Waals surface area contributed by atoms with Gasteiger partial charge in [-0.3, -0.25) is 4.79 Å². The van der Waals surface area contributed by atoms with Crippen LogP contribution in [0, 0.1) is 0 Å². The van der Waals surface area contributed by atoms with Crippen LogP contribution in [-0.4, -0.2) is 29.9 Å². The molecule has 5 aromatic rings. The van der Waals surface area contributed by atoms with Crippen LogP contribution in [-0.2, 0) is 12.8 Å². The highest BCUT2D eigenvalue weighted by Gasteiger charge is 2.32. The van der Waals surface area contributed by atoms with Crippen LogP contribution in [0.4, 0.5) is 0 Å². The van der Waals surface area contributed by atoms with E-state index in [1.54, 1.807) is 18.9 Å². The zero-order valence-electron chi connectivity index (χ0n) is 22.6. The second kappa shape index (κ2) is 11.1. The van der Waals surface area contributed by atoms with Gasteiger partial charge in [-0.2, -0.15) is 9.78 Å². The second-order valence-corrected chi connectivity index (χ2v) is 9.85. The van der Waals surface area contributed by atoms with E-state index in [2.05, 4.69) is 24.3 Å². The van der Waals surface area contributed by atoms with Crippen LogP contribution in [0.15, 0.2) is 115 Å².